The van der Waals surface area contributed by atoms with Gasteiger partial charge in [0, 0.05) is 24.8 Å². The van der Waals surface area contributed by atoms with Crippen LogP contribution in [0.2, 0.25) is 0 Å². The van der Waals surface area contributed by atoms with Crippen molar-refractivity contribution in [2.45, 2.75) is 58.2 Å². The zero-order valence-corrected chi connectivity index (χ0v) is 21.6. The number of nitrogens with zero attached hydrogens (tertiary/aromatic N) is 1. The SMILES string of the molecule is COCOc1cc(N(C)[B]C=O)cc2c1C(=O)O[C@@H](C)[C@H](C)/C=C\C(=O)C1OC(C)(C)O[C@H]1CC=C2. The van der Waals surface area contributed by atoms with Gasteiger partial charge in [0.25, 0.3) is 0 Å². The maximum absolute atomic E-state index is 13.4. The van der Waals surface area contributed by atoms with Crippen LogP contribution in [-0.4, -0.2) is 70.4 Å². The largest absolute Gasteiger partial charge is 0.467 e. The maximum atomic E-state index is 13.4. The smallest absolute Gasteiger partial charge is 0.342 e. The van der Waals surface area contributed by atoms with Crippen LogP contribution in [0, 0.1) is 5.92 Å². The molecule has 2 heterocycles. The van der Waals surface area contributed by atoms with Crippen LogP contribution in [0.3, 0.4) is 0 Å². The van der Waals surface area contributed by atoms with Crippen molar-refractivity contribution in [1.82, 2.24) is 0 Å². The lowest BCUT2D eigenvalue weighted by atomic mass is 9.93. The third-order valence-electron chi connectivity index (χ3n) is 6.07. The molecule has 193 valence electrons. The van der Waals surface area contributed by atoms with Crippen molar-refractivity contribution < 1.29 is 38.1 Å². The Hall–Kier alpha value is -2.95. The maximum Gasteiger partial charge on any atom is 0.342 e. The Morgan fingerprint density at radius 3 is 2.64 bits per heavy atom. The van der Waals surface area contributed by atoms with Gasteiger partial charge in [-0.25, -0.2) is 4.79 Å². The Morgan fingerprint density at radius 1 is 1.19 bits per heavy atom. The van der Waals surface area contributed by atoms with Crippen molar-refractivity contribution in [2.75, 3.05) is 25.8 Å². The van der Waals surface area contributed by atoms with E-state index in [1.165, 1.54) is 20.6 Å². The van der Waals surface area contributed by atoms with E-state index in [4.69, 9.17) is 23.7 Å². The minimum atomic E-state index is -0.905. The van der Waals surface area contributed by atoms with Gasteiger partial charge in [-0.05, 0) is 51.9 Å². The van der Waals surface area contributed by atoms with Crippen molar-refractivity contribution in [3.05, 3.63) is 41.5 Å². The second kappa shape index (κ2) is 11.9. The number of benzene rings is 1. The Bertz CT molecular complexity index is 1040. The molecule has 0 aromatic heterocycles. The average molecular weight is 498 g/mol. The van der Waals surface area contributed by atoms with E-state index in [1.54, 1.807) is 56.9 Å². The van der Waals surface area contributed by atoms with E-state index in [9.17, 15) is 14.4 Å². The molecule has 1 fully saturated rings. The molecule has 36 heavy (non-hydrogen) atoms. The molecule has 0 N–H and O–H groups in total. The second-order valence-corrected chi connectivity index (χ2v) is 9.32. The third kappa shape index (κ3) is 6.63. The summed E-state index contributed by atoms with van der Waals surface area (Å²) in [5, 5.41) is 0. The summed E-state index contributed by atoms with van der Waals surface area (Å²) in [5.74, 6) is -1.68. The Morgan fingerprint density at radius 2 is 1.94 bits per heavy atom. The summed E-state index contributed by atoms with van der Waals surface area (Å²) < 4.78 is 28.5. The van der Waals surface area contributed by atoms with Crippen LogP contribution in [-0.2, 0) is 28.5 Å². The summed E-state index contributed by atoms with van der Waals surface area (Å²) in [6, 6.07) is 3.40. The Kier molecular flexibility index (Phi) is 9.11. The molecule has 0 spiro atoms. The van der Waals surface area contributed by atoms with Gasteiger partial charge in [-0.2, -0.15) is 0 Å². The molecular weight excluding hydrogens is 465 g/mol. The molecule has 10 heteroatoms. The first-order valence-corrected chi connectivity index (χ1v) is 11.8. The number of hydrogen-bond acceptors (Lipinski definition) is 9. The Labute approximate surface area is 212 Å². The van der Waals surface area contributed by atoms with Crippen molar-refractivity contribution in [2.24, 2.45) is 5.92 Å². The Balaban J connectivity index is 2.11. The van der Waals surface area contributed by atoms with Gasteiger partial charge in [-0.1, -0.05) is 25.2 Å². The van der Waals surface area contributed by atoms with Gasteiger partial charge >= 0.3 is 13.4 Å². The average Bonchev–Trinajstić information content (AvgIpc) is 3.14. The molecule has 2 aliphatic rings. The molecule has 0 bridgehead atoms. The van der Waals surface area contributed by atoms with Gasteiger partial charge in [0.15, 0.2) is 18.4 Å². The molecule has 3 rings (SSSR count). The zero-order chi connectivity index (χ0) is 26.5. The molecule has 0 saturated carbocycles. The van der Waals surface area contributed by atoms with E-state index in [0.717, 1.165) is 0 Å². The molecule has 0 amide bonds. The second-order valence-electron chi connectivity index (χ2n) is 9.32. The van der Waals surface area contributed by atoms with Gasteiger partial charge in [-0.15, -0.1) is 0 Å². The monoisotopic (exact) mass is 498 g/mol. The summed E-state index contributed by atoms with van der Waals surface area (Å²) in [6.07, 6.45) is 5.99. The van der Waals surface area contributed by atoms with Crippen molar-refractivity contribution in [3.8, 4) is 5.75 Å². The fourth-order valence-corrected chi connectivity index (χ4v) is 4.00. The van der Waals surface area contributed by atoms with Crippen LogP contribution in [0.4, 0.5) is 5.69 Å². The van der Waals surface area contributed by atoms with Crippen molar-refractivity contribution in [1.29, 1.82) is 0 Å². The van der Waals surface area contributed by atoms with Gasteiger partial charge in [-0.3, -0.25) is 4.79 Å². The van der Waals surface area contributed by atoms with E-state index in [0.29, 0.717) is 23.9 Å². The molecule has 1 unspecified atom stereocenters. The van der Waals surface area contributed by atoms with Crippen LogP contribution in [0.1, 0.15) is 50.0 Å². The molecule has 1 saturated heterocycles. The molecule has 9 nitrogen and oxygen atoms in total. The summed E-state index contributed by atoms with van der Waals surface area (Å²) in [6.45, 7) is 7.07. The molecule has 4 atom stereocenters. The van der Waals surface area contributed by atoms with E-state index in [2.05, 4.69) is 0 Å². The van der Waals surface area contributed by atoms with Crippen LogP contribution >= 0.6 is 0 Å². The van der Waals surface area contributed by atoms with Crippen LogP contribution in [0.15, 0.2) is 30.4 Å². The topological polar surface area (TPSA) is 101 Å². The first kappa shape index (κ1) is 27.6. The van der Waals surface area contributed by atoms with Crippen molar-refractivity contribution >= 4 is 37.1 Å². The summed E-state index contributed by atoms with van der Waals surface area (Å²) in [4.78, 5) is 38.9. The van der Waals surface area contributed by atoms with Crippen LogP contribution in [0.5, 0.6) is 5.75 Å². The van der Waals surface area contributed by atoms with E-state index in [-0.39, 0.29) is 29.8 Å². The zero-order valence-electron chi connectivity index (χ0n) is 21.6. The lowest BCUT2D eigenvalue weighted by Crippen LogP contribution is -2.30. The van der Waals surface area contributed by atoms with E-state index >= 15 is 0 Å². The number of carbonyl (C=O) groups is 3. The number of carbonyl (C=O) groups excluding carboxylic acids is 3. The van der Waals surface area contributed by atoms with Crippen LogP contribution in [0.25, 0.3) is 6.08 Å². The highest BCUT2D eigenvalue weighted by atomic mass is 16.8. The summed E-state index contributed by atoms with van der Waals surface area (Å²) in [7, 11) is 4.54. The fourth-order valence-electron chi connectivity index (χ4n) is 4.00. The normalized spacial score (nSPS) is 26.7. The number of cyclic esters (lactones) is 1. The number of anilines is 1. The van der Waals surface area contributed by atoms with E-state index < -0.39 is 30.1 Å². The number of rotatable bonds is 6. The fraction of sp³-hybridized carbons (Fsp3) is 0.500. The number of esters is 1. The summed E-state index contributed by atoms with van der Waals surface area (Å²) >= 11 is 0. The molecule has 1 aromatic carbocycles. The quantitative estimate of drug-likeness (QED) is 0.253. The number of ether oxygens (including phenoxy) is 5. The highest BCUT2D eigenvalue weighted by molar-refractivity contribution is 6.70. The first-order chi connectivity index (χ1) is 17.1. The highest BCUT2D eigenvalue weighted by Crippen LogP contribution is 2.34. The minimum Gasteiger partial charge on any atom is -0.467 e. The van der Waals surface area contributed by atoms with Crippen LogP contribution < -0.4 is 9.55 Å². The third-order valence-corrected chi connectivity index (χ3v) is 6.07. The molecular formula is C26H33BNO8. The van der Waals surface area contributed by atoms with Gasteiger partial charge < -0.3 is 33.3 Å². The van der Waals surface area contributed by atoms with Gasteiger partial charge in [0.2, 0.25) is 0 Å². The standard InChI is InChI=1S/C26H33BNO8/c1-16-10-11-20(30)24-21(35-26(3,4)36-24)9-7-8-18-12-19(28(5)27-14-29)13-22(33-15-32-6)23(18)25(31)34-17(16)2/h7-8,10-14,16-17,21,24H,9,15H2,1-6H3/b8-7?,11-10-/t16-,17+,21+,24?/m1/s1. The number of hydrogen-bond donors (Lipinski definition) is 0. The minimum absolute atomic E-state index is 0.0885. The summed E-state index contributed by atoms with van der Waals surface area (Å²) in [5.41, 5.74) is 1.36. The number of methoxy groups -OCH3 is 1. The predicted octanol–water partition coefficient (Wildman–Crippen LogP) is 3.16. The predicted molar refractivity (Wildman–Crippen MR) is 136 cm³/mol. The molecule has 1 radical (unpaired) electrons. The number of fused-ring (bicyclic) bond motifs is 2. The first-order valence-electron chi connectivity index (χ1n) is 11.8. The highest BCUT2D eigenvalue weighted by Gasteiger charge is 2.43. The molecule has 0 aliphatic carbocycles. The lowest BCUT2D eigenvalue weighted by molar-refractivity contribution is -0.152. The van der Waals surface area contributed by atoms with Gasteiger partial charge in [0.1, 0.15) is 29.7 Å². The van der Waals surface area contributed by atoms with Gasteiger partial charge in [0.05, 0.1) is 6.10 Å². The van der Waals surface area contributed by atoms with Crippen molar-refractivity contribution in [3.63, 3.8) is 0 Å². The lowest BCUT2D eigenvalue weighted by Gasteiger charge is -2.23. The number of ketones is 1. The molecule has 1 aromatic rings. The molecule has 2 aliphatic heterocycles. The van der Waals surface area contributed by atoms with E-state index in [1.807, 2.05) is 13.0 Å².